The predicted molar refractivity (Wildman–Crippen MR) is 102 cm³/mol. The molecule has 3 aromatic rings. The molecule has 4 rings (SSSR count). The molecule has 140 valence electrons. The number of H-pyrrole nitrogens is 1. The Hall–Kier alpha value is -3.22. The molecule has 1 aliphatic rings. The molecule has 2 aromatic heterocycles. The third kappa shape index (κ3) is 3.53. The maximum Gasteiger partial charge on any atom is 0.255 e. The van der Waals surface area contributed by atoms with Crippen molar-refractivity contribution >= 4 is 11.6 Å². The molecule has 0 aliphatic carbocycles. The van der Waals surface area contributed by atoms with E-state index in [1.165, 1.54) is 6.20 Å². The number of methoxy groups -OCH3 is 1. The van der Waals surface area contributed by atoms with Gasteiger partial charge in [-0.3, -0.25) is 9.89 Å². The summed E-state index contributed by atoms with van der Waals surface area (Å²) in [6, 6.07) is 11.6. The molecule has 7 nitrogen and oxygen atoms in total. The number of nitrogens with one attached hydrogen (secondary N) is 2. The number of ether oxygens (including phenoxy) is 1. The van der Waals surface area contributed by atoms with Gasteiger partial charge >= 0.3 is 0 Å². The molecule has 0 radical (unpaired) electrons. The molecule has 1 saturated heterocycles. The predicted octanol–water partition coefficient (Wildman–Crippen LogP) is 2.93. The van der Waals surface area contributed by atoms with Crippen LogP contribution >= 0.6 is 0 Å². The van der Waals surface area contributed by atoms with Crippen LogP contribution in [0.2, 0.25) is 0 Å². The minimum absolute atomic E-state index is 0.147. The summed E-state index contributed by atoms with van der Waals surface area (Å²) in [4.78, 5) is 14.9. The lowest BCUT2D eigenvalue weighted by atomic mass is 10.1. The van der Waals surface area contributed by atoms with Crippen LogP contribution in [-0.4, -0.2) is 42.8 Å². The van der Waals surface area contributed by atoms with Gasteiger partial charge in [0.25, 0.3) is 5.91 Å². The molecule has 1 aliphatic heterocycles. The number of furan rings is 1. The number of aromatic nitrogens is 2. The van der Waals surface area contributed by atoms with Crippen LogP contribution in [0.3, 0.4) is 0 Å². The minimum atomic E-state index is -0.147. The molecule has 1 aromatic carbocycles. The van der Waals surface area contributed by atoms with Gasteiger partial charge in [0, 0.05) is 19.6 Å². The van der Waals surface area contributed by atoms with Crippen LogP contribution in [0.4, 0.5) is 5.69 Å². The van der Waals surface area contributed by atoms with E-state index >= 15 is 0 Å². The van der Waals surface area contributed by atoms with E-state index < -0.39 is 0 Å². The molecule has 7 heteroatoms. The van der Waals surface area contributed by atoms with Gasteiger partial charge in [-0.15, -0.1) is 0 Å². The SMILES string of the molecule is COc1ccccc1N1CCC(CNC(=O)c2cn[nH]c2-c2ccco2)C1. The first-order valence-electron chi connectivity index (χ1n) is 8.99. The van der Waals surface area contributed by atoms with Crippen molar-refractivity contribution in [1.29, 1.82) is 0 Å². The molecule has 1 fully saturated rings. The number of benzene rings is 1. The molecular weight excluding hydrogens is 344 g/mol. The van der Waals surface area contributed by atoms with Gasteiger partial charge in [-0.05, 0) is 36.6 Å². The fourth-order valence-corrected chi connectivity index (χ4v) is 3.51. The Morgan fingerprint density at radius 2 is 2.26 bits per heavy atom. The summed E-state index contributed by atoms with van der Waals surface area (Å²) in [5, 5.41) is 9.84. The number of anilines is 1. The highest BCUT2D eigenvalue weighted by molar-refractivity contribution is 5.99. The van der Waals surface area contributed by atoms with E-state index in [1.54, 1.807) is 25.5 Å². The van der Waals surface area contributed by atoms with Crippen LogP contribution in [0, 0.1) is 5.92 Å². The summed E-state index contributed by atoms with van der Waals surface area (Å²) in [6.07, 6.45) is 4.13. The minimum Gasteiger partial charge on any atom is -0.495 e. The highest BCUT2D eigenvalue weighted by Gasteiger charge is 2.25. The second-order valence-corrected chi connectivity index (χ2v) is 6.62. The largest absolute Gasteiger partial charge is 0.495 e. The molecule has 27 heavy (non-hydrogen) atoms. The second kappa shape index (κ2) is 7.57. The van der Waals surface area contributed by atoms with Crippen molar-refractivity contribution in [2.24, 2.45) is 5.92 Å². The fraction of sp³-hybridized carbons (Fsp3) is 0.300. The van der Waals surface area contributed by atoms with Crippen molar-refractivity contribution < 1.29 is 13.9 Å². The van der Waals surface area contributed by atoms with Crippen LogP contribution in [0.15, 0.2) is 53.3 Å². The van der Waals surface area contributed by atoms with E-state index in [0.29, 0.717) is 29.5 Å². The van der Waals surface area contributed by atoms with E-state index in [2.05, 4.69) is 26.5 Å². The summed E-state index contributed by atoms with van der Waals surface area (Å²) < 4.78 is 10.8. The molecule has 2 N–H and O–H groups in total. The molecule has 0 saturated carbocycles. The van der Waals surface area contributed by atoms with Crippen LogP contribution in [0.25, 0.3) is 11.5 Å². The lowest BCUT2D eigenvalue weighted by Crippen LogP contribution is -2.31. The number of hydrogen-bond donors (Lipinski definition) is 2. The van der Waals surface area contributed by atoms with E-state index in [9.17, 15) is 4.79 Å². The zero-order valence-electron chi connectivity index (χ0n) is 15.1. The van der Waals surface area contributed by atoms with Gasteiger partial charge in [0.2, 0.25) is 0 Å². The van der Waals surface area contributed by atoms with Gasteiger partial charge in [-0.2, -0.15) is 5.10 Å². The lowest BCUT2D eigenvalue weighted by Gasteiger charge is -2.21. The van der Waals surface area contributed by atoms with Crippen molar-refractivity contribution in [3.05, 3.63) is 54.4 Å². The van der Waals surface area contributed by atoms with Crippen LogP contribution in [0.1, 0.15) is 16.8 Å². The van der Waals surface area contributed by atoms with Crippen LogP contribution in [0.5, 0.6) is 5.75 Å². The Kier molecular flexibility index (Phi) is 4.82. The summed E-state index contributed by atoms with van der Waals surface area (Å²) in [7, 11) is 1.69. The molecule has 3 heterocycles. The molecule has 0 spiro atoms. The standard InChI is InChI=1S/C20H22N4O3/c1-26-17-6-3-2-5-16(17)24-9-8-14(13-24)11-21-20(25)15-12-22-23-19(15)18-7-4-10-27-18/h2-7,10,12,14H,8-9,11,13H2,1H3,(H,21,25)(H,22,23). The van der Waals surface area contributed by atoms with E-state index in [-0.39, 0.29) is 5.91 Å². The van der Waals surface area contributed by atoms with Crippen LogP contribution in [-0.2, 0) is 0 Å². The van der Waals surface area contributed by atoms with Crippen LogP contribution < -0.4 is 15.0 Å². The second-order valence-electron chi connectivity index (χ2n) is 6.62. The average molecular weight is 366 g/mol. The van der Waals surface area contributed by atoms with Gasteiger partial charge in [0.05, 0.1) is 30.8 Å². The van der Waals surface area contributed by atoms with Gasteiger partial charge in [0.15, 0.2) is 5.76 Å². The van der Waals surface area contributed by atoms with Crippen molar-refractivity contribution in [3.8, 4) is 17.2 Å². The Bertz CT molecular complexity index is 904. The Balaban J connectivity index is 1.36. The number of para-hydroxylation sites is 2. The zero-order chi connectivity index (χ0) is 18.6. The van der Waals surface area contributed by atoms with Gasteiger partial charge in [-0.25, -0.2) is 0 Å². The van der Waals surface area contributed by atoms with Crippen molar-refractivity contribution in [3.63, 3.8) is 0 Å². The first-order valence-corrected chi connectivity index (χ1v) is 8.99. The molecule has 0 bridgehead atoms. The van der Waals surface area contributed by atoms with Gasteiger partial charge < -0.3 is 19.4 Å². The third-order valence-corrected chi connectivity index (χ3v) is 4.91. The number of carbonyl (C=O) groups is 1. The average Bonchev–Trinajstić information content (AvgIpc) is 3.46. The molecule has 1 unspecified atom stereocenters. The Morgan fingerprint density at radius 1 is 1.37 bits per heavy atom. The quantitative estimate of drug-likeness (QED) is 0.701. The zero-order valence-corrected chi connectivity index (χ0v) is 15.1. The number of carbonyl (C=O) groups excluding carboxylic acids is 1. The first kappa shape index (κ1) is 17.2. The fourth-order valence-electron chi connectivity index (χ4n) is 3.51. The molecule has 1 amide bonds. The Morgan fingerprint density at radius 3 is 3.07 bits per heavy atom. The molecular formula is C20H22N4O3. The molecule has 1 atom stereocenters. The van der Waals surface area contributed by atoms with Crippen molar-refractivity contribution in [2.75, 3.05) is 31.6 Å². The smallest absolute Gasteiger partial charge is 0.255 e. The summed E-state index contributed by atoms with van der Waals surface area (Å²) >= 11 is 0. The van der Waals surface area contributed by atoms with Crippen molar-refractivity contribution in [1.82, 2.24) is 15.5 Å². The number of nitrogens with zero attached hydrogens (tertiary/aromatic N) is 2. The Labute approximate surface area is 157 Å². The maximum absolute atomic E-state index is 12.6. The normalized spacial score (nSPS) is 16.5. The third-order valence-electron chi connectivity index (χ3n) is 4.91. The first-order chi connectivity index (χ1) is 13.3. The summed E-state index contributed by atoms with van der Waals surface area (Å²) in [5.41, 5.74) is 2.19. The van der Waals surface area contributed by atoms with Crippen molar-refractivity contribution in [2.45, 2.75) is 6.42 Å². The highest BCUT2D eigenvalue weighted by atomic mass is 16.5. The van der Waals surface area contributed by atoms with E-state index in [0.717, 1.165) is 30.9 Å². The topological polar surface area (TPSA) is 83.4 Å². The number of amides is 1. The number of aromatic amines is 1. The maximum atomic E-state index is 12.6. The van der Waals surface area contributed by atoms with Gasteiger partial charge in [0.1, 0.15) is 11.4 Å². The number of rotatable bonds is 6. The van der Waals surface area contributed by atoms with E-state index in [1.807, 2.05) is 18.2 Å². The summed E-state index contributed by atoms with van der Waals surface area (Å²) in [5.74, 6) is 1.72. The number of hydrogen-bond acceptors (Lipinski definition) is 5. The lowest BCUT2D eigenvalue weighted by molar-refractivity contribution is 0.0949. The monoisotopic (exact) mass is 366 g/mol. The summed E-state index contributed by atoms with van der Waals surface area (Å²) in [6.45, 7) is 2.45. The van der Waals surface area contributed by atoms with Gasteiger partial charge in [-0.1, -0.05) is 12.1 Å². The van der Waals surface area contributed by atoms with E-state index in [4.69, 9.17) is 9.15 Å². The highest BCUT2D eigenvalue weighted by Crippen LogP contribution is 2.31.